The SMILES string of the molecule is [B]c1ccc(CCc2ccccc2)cc1OCc1cccnc1. The monoisotopic (exact) mass is 299 g/mol. The van der Waals surface area contributed by atoms with Crippen molar-refractivity contribution >= 4 is 13.3 Å². The maximum Gasteiger partial charge on any atom is 0.119 e. The summed E-state index contributed by atoms with van der Waals surface area (Å²) in [7, 11) is 6.02. The molecule has 0 atom stereocenters. The first-order valence-electron chi connectivity index (χ1n) is 7.75. The van der Waals surface area contributed by atoms with Crippen LogP contribution in [0.1, 0.15) is 16.7 Å². The first-order valence-corrected chi connectivity index (χ1v) is 7.75. The van der Waals surface area contributed by atoms with E-state index >= 15 is 0 Å². The standard InChI is InChI=1S/C20H18BNO/c21-19-11-10-17(9-8-16-5-2-1-3-6-16)13-20(19)23-15-18-7-4-12-22-14-18/h1-7,10-14H,8-9,15H2. The summed E-state index contributed by atoms with van der Waals surface area (Å²) in [5.41, 5.74) is 4.25. The highest BCUT2D eigenvalue weighted by Crippen LogP contribution is 2.14. The van der Waals surface area contributed by atoms with Crippen molar-refractivity contribution in [3.8, 4) is 5.75 Å². The number of ether oxygens (including phenoxy) is 1. The lowest BCUT2D eigenvalue weighted by Crippen LogP contribution is -2.10. The Balaban J connectivity index is 1.64. The maximum atomic E-state index is 6.02. The van der Waals surface area contributed by atoms with E-state index in [-0.39, 0.29) is 0 Å². The minimum atomic E-state index is 0.472. The van der Waals surface area contributed by atoms with Crippen molar-refractivity contribution < 1.29 is 4.74 Å². The molecule has 0 saturated heterocycles. The van der Waals surface area contributed by atoms with Gasteiger partial charge in [0.2, 0.25) is 0 Å². The van der Waals surface area contributed by atoms with Gasteiger partial charge in [-0.3, -0.25) is 4.98 Å². The summed E-state index contributed by atoms with van der Waals surface area (Å²) in [6, 6.07) is 20.4. The number of rotatable bonds is 6. The highest BCUT2D eigenvalue weighted by molar-refractivity contribution is 6.34. The Morgan fingerprint density at radius 3 is 2.39 bits per heavy atom. The molecule has 0 fully saturated rings. The zero-order chi connectivity index (χ0) is 15.9. The summed E-state index contributed by atoms with van der Waals surface area (Å²) in [5.74, 6) is 0.736. The van der Waals surface area contributed by atoms with Crippen molar-refractivity contribution in [1.29, 1.82) is 0 Å². The molecule has 1 aromatic heterocycles. The van der Waals surface area contributed by atoms with Gasteiger partial charge in [-0.05, 0) is 36.1 Å². The fourth-order valence-corrected chi connectivity index (χ4v) is 2.44. The van der Waals surface area contributed by atoms with E-state index in [0.29, 0.717) is 12.1 Å². The third-order valence-corrected chi connectivity index (χ3v) is 3.74. The number of hydrogen-bond donors (Lipinski definition) is 0. The Hall–Kier alpha value is -2.55. The molecule has 2 aromatic carbocycles. The van der Waals surface area contributed by atoms with Gasteiger partial charge in [0, 0.05) is 18.0 Å². The van der Waals surface area contributed by atoms with Crippen LogP contribution in [0.25, 0.3) is 0 Å². The normalized spacial score (nSPS) is 10.4. The van der Waals surface area contributed by atoms with Gasteiger partial charge >= 0.3 is 0 Å². The number of aryl methyl sites for hydroxylation is 2. The lowest BCUT2D eigenvalue weighted by molar-refractivity contribution is 0.308. The fourth-order valence-electron chi connectivity index (χ4n) is 2.44. The molecule has 3 aromatic rings. The molecule has 1 heterocycles. The highest BCUT2D eigenvalue weighted by atomic mass is 16.5. The zero-order valence-corrected chi connectivity index (χ0v) is 13.0. The van der Waals surface area contributed by atoms with Gasteiger partial charge in [-0.25, -0.2) is 0 Å². The van der Waals surface area contributed by atoms with E-state index in [4.69, 9.17) is 12.6 Å². The van der Waals surface area contributed by atoms with Gasteiger partial charge in [-0.15, -0.1) is 0 Å². The van der Waals surface area contributed by atoms with E-state index in [0.717, 1.165) is 24.2 Å². The molecule has 0 aliphatic heterocycles. The van der Waals surface area contributed by atoms with Gasteiger partial charge in [0.15, 0.2) is 0 Å². The molecule has 0 unspecified atom stereocenters. The molecule has 112 valence electrons. The second kappa shape index (κ2) is 7.64. The Bertz CT molecular complexity index is 744. The van der Waals surface area contributed by atoms with E-state index < -0.39 is 0 Å². The van der Waals surface area contributed by atoms with Crippen molar-refractivity contribution in [2.75, 3.05) is 0 Å². The van der Waals surface area contributed by atoms with Crippen molar-refractivity contribution in [3.05, 3.63) is 89.7 Å². The molecule has 3 heteroatoms. The van der Waals surface area contributed by atoms with Crippen LogP contribution in [0.4, 0.5) is 0 Å². The molecule has 0 amide bonds. The second-order valence-corrected chi connectivity index (χ2v) is 5.51. The molecule has 0 N–H and O–H groups in total. The number of nitrogens with zero attached hydrogens (tertiary/aromatic N) is 1. The van der Waals surface area contributed by atoms with Crippen LogP contribution in [-0.4, -0.2) is 12.8 Å². The maximum absolute atomic E-state index is 6.02. The second-order valence-electron chi connectivity index (χ2n) is 5.51. The van der Waals surface area contributed by atoms with Gasteiger partial charge in [-0.1, -0.05) is 54.0 Å². The highest BCUT2D eigenvalue weighted by Gasteiger charge is 2.03. The first kappa shape index (κ1) is 15.4. The van der Waals surface area contributed by atoms with Crippen LogP contribution in [0, 0.1) is 0 Å². The molecule has 0 aliphatic carbocycles. The van der Waals surface area contributed by atoms with Gasteiger partial charge < -0.3 is 4.74 Å². The van der Waals surface area contributed by atoms with Gasteiger partial charge in [0.1, 0.15) is 20.2 Å². The molecule has 2 nitrogen and oxygen atoms in total. The summed E-state index contributed by atoms with van der Waals surface area (Å²) in [6.07, 6.45) is 5.53. The van der Waals surface area contributed by atoms with E-state index in [1.807, 2.05) is 30.3 Å². The van der Waals surface area contributed by atoms with Crippen molar-refractivity contribution in [3.63, 3.8) is 0 Å². The van der Waals surface area contributed by atoms with Crippen LogP contribution in [0.5, 0.6) is 5.75 Å². The molecule has 3 rings (SSSR count). The topological polar surface area (TPSA) is 22.1 Å². The third-order valence-electron chi connectivity index (χ3n) is 3.74. The van der Waals surface area contributed by atoms with E-state index in [2.05, 4.69) is 35.3 Å². The zero-order valence-electron chi connectivity index (χ0n) is 13.0. The van der Waals surface area contributed by atoms with Crippen LogP contribution in [0.2, 0.25) is 0 Å². The lowest BCUT2D eigenvalue weighted by Gasteiger charge is -2.11. The van der Waals surface area contributed by atoms with Gasteiger partial charge in [-0.2, -0.15) is 0 Å². The number of aromatic nitrogens is 1. The Morgan fingerprint density at radius 1 is 0.826 bits per heavy atom. The minimum Gasteiger partial charge on any atom is -0.489 e. The molecule has 0 spiro atoms. The number of hydrogen-bond acceptors (Lipinski definition) is 2. The van der Waals surface area contributed by atoms with Gasteiger partial charge in [0.25, 0.3) is 0 Å². The predicted molar refractivity (Wildman–Crippen MR) is 94.2 cm³/mol. The molecule has 0 saturated carbocycles. The van der Waals surface area contributed by atoms with Crippen molar-refractivity contribution in [1.82, 2.24) is 4.98 Å². The van der Waals surface area contributed by atoms with Crippen LogP contribution < -0.4 is 10.2 Å². The van der Waals surface area contributed by atoms with Crippen LogP contribution >= 0.6 is 0 Å². The van der Waals surface area contributed by atoms with E-state index in [1.54, 1.807) is 12.4 Å². The molecular weight excluding hydrogens is 281 g/mol. The van der Waals surface area contributed by atoms with E-state index in [1.165, 1.54) is 11.1 Å². The van der Waals surface area contributed by atoms with Crippen LogP contribution in [0.3, 0.4) is 0 Å². The number of pyridine rings is 1. The Kier molecular flexibility index (Phi) is 5.10. The van der Waals surface area contributed by atoms with E-state index in [9.17, 15) is 0 Å². The summed E-state index contributed by atoms with van der Waals surface area (Å²) >= 11 is 0. The third kappa shape index (κ3) is 4.46. The predicted octanol–water partition coefficient (Wildman–Crippen LogP) is 3.24. The summed E-state index contributed by atoms with van der Waals surface area (Å²) in [6.45, 7) is 0.472. The summed E-state index contributed by atoms with van der Waals surface area (Å²) < 4.78 is 5.85. The fraction of sp³-hybridized carbons (Fsp3) is 0.150. The Morgan fingerprint density at radius 2 is 1.61 bits per heavy atom. The number of benzene rings is 2. The molecule has 2 radical (unpaired) electrons. The molecule has 23 heavy (non-hydrogen) atoms. The van der Waals surface area contributed by atoms with Gasteiger partial charge in [0.05, 0.1) is 0 Å². The lowest BCUT2D eigenvalue weighted by atomic mass is 9.92. The average molecular weight is 299 g/mol. The van der Waals surface area contributed by atoms with Crippen LogP contribution in [-0.2, 0) is 19.4 Å². The van der Waals surface area contributed by atoms with Crippen molar-refractivity contribution in [2.45, 2.75) is 19.4 Å². The van der Waals surface area contributed by atoms with Crippen molar-refractivity contribution in [2.24, 2.45) is 0 Å². The molecular formula is C20H18BNO. The first-order chi connectivity index (χ1) is 11.3. The molecule has 0 bridgehead atoms. The quantitative estimate of drug-likeness (QED) is 0.652. The summed E-state index contributed by atoms with van der Waals surface area (Å²) in [5, 5.41) is 0. The van der Waals surface area contributed by atoms with Crippen LogP contribution in [0.15, 0.2) is 73.1 Å². The largest absolute Gasteiger partial charge is 0.489 e. The smallest absolute Gasteiger partial charge is 0.119 e. The molecule has 0 aliphatic rings. The average Bonchev–Trinajstić information content (AvgIpc) is 2.62. The Labute approximate surface area is 138 Å². The minimum absolute atomic E-state index is 0.472. The summed E-state index contributed by atoms with van der Waals surface area (Å²) in [4.78, 5) is 4.09.